The van der Waals surface area contributed by atoms with E-state index in [0.29, 0.717) is 62.5 Å². The van der Waals surface area contributed by atoms with Crippen molar-refractivity contribution in [1.29, 1.82) is 0 Å². The fourth-order valence-electron chi connectivity index (χ4n) is 5.90. The number of carbonyl (C=O) groups excluding carboxylic acids is 3. The summed E-state index contributed by atoms with van der Waals surface area (Å²) in [5, 5.41) is 9.06. The molecule has 258 valence electrons. The molecule has 3 amide bonds. The van der Waals surface area contributed by atoms with Gasteiger partial charge in [-0.25, -0.2) is 4.79 Å². The maximum absolute atomic E-state index is 14.1. The minimum atomic E-state index is -0.997. The minimum Gasteiger partial charge on any atom is -0.493 e. The summed E-state index contributed by atoms with van der Waals surface area (Å²) < 4.78 is 22.3. The Labute approximate surface area is 273 Å². The molecule has 1 aliphatic carbocycles. The van der Waals surface area contributed by atoms with Crippen LogP contribution >= 0.6 is 0 Å². The van der Waals surface area contributed by atoms with Gasteiger partial charge in [-0.3, -0.25) is 14.4 Å². The third-order valence-electron chi connectivity index (χ3n) is 8.22. The lowest BCUT2D eigenvalue weighted by atomic mass is 9.93. The van der Waals surface area contributed by atoms with Gasteiger partial charge in [0.15, 0.2) is 11.5 Å². The zero-order chi connectivity index (χ0) is 34.0. The molecular formula is C34H53N3O9. The molecule has 0 spiro atoms. The Morgan fingerprint density at radius 1 is 0.978 bits per heavy atom. The Hall–Kier alpha value is -3.54. The van der Waals surface area contributed by atoms with Gasteiger partial charge in [0, 0.05) is 63.3 Å². The molecule has 1 aliphatic heterocycles. The molecule has 1 aromatic carbocycles. The number of likely N-dealkylation sites (tertiary alicyclic amines) is 1. The van der Waals surface area contributed by atoms with Gasteiger partial charge >= 0.3 is 12.1 Å². The fourth-order valence-corrected chi connectivity index (χ4v) is 5.90. The minimum absolute atomic E-state index is 0.0366. The second-order valence-corrected chi connectivity index (χ2v) is 13.4. The molecule has 1 heterocycles. The van der Waals surface area contributed by atoms with E-state index in [9.17, 15) is 19.2 Å². The molecule has 2 fully saturated rings. The monoisotopic (exact) mass is 647 g/mol. The summed E-state index contributed by atoms with van der Waals surface area (Å²) in [6.45, 7) is 11.1. The zero-order valence-corrected chi connectivity index (χ0v) is 28.6. The van der Waals surface area contributed by atoms with Crippen LogP contribution in [0.1, 0.15) is 96.3 Å². The van der Waals surface area contributed by atoms with Crippen molar-refractivity contribution in [2.24, 2.45) is 0 Å². The molecule has 2 aliphatic rings. The van der Waals surface area contributed by atoms with Crippen molar-refractivity contribution >= 4 is 23.9 Å². The second kappa shape index (κ2) is 16.9. The van der Waals surface area contributed by atoms with Gasteiger partial charge in [-0.05, 0) is 84.9 Å². The number of nitrogens with zero attached hydrogens (tertiary/aromatic N) is 3. The number of carboxylic acids is 1. The van der Waals surface area contributed by atoms with Crippen molar-refractivity contribution in [3.63, 3.8) is 0 Å². The van der Waals surface area contributed by atoms with E-state index in [2.05, 4.69) is 0 Å². The first-order valence-electron chi connectivity index (χ1n) is 16.4. The van der Waals surface area contributed by atoms with Gasteiger partial charge in [-0.15, -0.1) is 0 Å². The van der Waals surface area contributed by atoms with Crippen LogP contribution in [0.25, 0.3) is 0 Å². The summed E-state index contributed by atoms with van der Waals surface area (Å²) in [5.74, 6) is -0.326. The van der Waals surface area contributed by atoms with Crippen LogP contribution in [0.5, 0.6) is 11.5 Å². The van der Waals surface area contributed by atoms with E-state index in [4.69, 9.17) is 24.1 Å². The predicted molar refractivity (Wildman–Crippen MR) is 172 cm³/mol. The van der Waals surface area contributed by atoms with Crippen molar-refractivity contribution in [2.75, 3.05) is 40.5 Å². The van der Waals surface area contributed by atoms with Crippen LogP contribution in [0, 0.1) is 0 Å². The number of benzene rings is 1. The first kappa shape index (κ1) is 36.9. The van der Waals surface area contributed by atoms with Crippen LogP contribution in [-0.2, 0) is 19.1 Å². The lowest BCUT2D eigenvalue weighted by Crippen LogP contribution is -2.58. The molecule has 1 saturated heterocycles. The quantitative estimate of drug-likeness (QED) is 0.247. The molecular weight excluding hydrogens is 594 g/mol. The molecule has 0 radical (unpaired) electrons. The molecule has 1 aromatic rings. The van der Waals surface area contributed by atoms with Gasteiger partial charge in [0.05, 0.1) is 26.2 Å². The van der Waals surface area contributed by atoms with E-state index in [-0.39, 0.29) is 55.4 Å². The van der Waals surface area contributed by atoms with Crippen molar-refractivity contribution < 1.29 is 43.2 Å². The van der Waals surface area contributed by atoms with Crippen molar-refractivity contribution in [3.05, 3.63) is 23.8 Å². The van der Waals surface area contributed by atoms with Crippen LogP contribution in [0.3, 0.4) is 0 Å². The maximum Gasteiger partial charge on any atom is 0.410 e. The number of amides is 3. The number of rotatable bonds is 16. The summed E-state index contributed by atoms with van der Waals surface area (Å²) in [6.07, 6.45) is 3.63. The van der Waals surface area contributed by atoms with Crippen LogP contribution in [0.2, 0.25) is 0 Å². The van der Waals surface area contributed by atoms with Gasteiger partial charge < -0.3 is 38.8 Å². The molecule has 46 heavy (non-hydrogen) atoms. The smallest absolute Gasteiger partial charge is 0.410 e. The normalized spacial score (nSPS) is 18.2. The summed E-state index contributed by atoms with van der Waals surface area (Å²) in [4.78, 5) is 56.9. The molecule has 0 bridgehead atoms. The number of ether oxygens (including phenoxy) is 4. The Balaban J connectivity index is 1.80. The number of hydrogen-bond donors (Lipinski definition) is 1. The fraction of sp³-hybridized carbons (Fsp3) is 0.706. The SMILES string of the molecule is COCCCOc1cc(C(=O)N(C(C)C)[C@@H]2CC[C@@H](CCN(C(=O)CCC(=O)O)C3CC3)N(C(=O)OC(C)(C)C)C2)ccc1OC. The van der Waals surface area contributed by atoms with Gasteiger partial charge in [0.2, 0.25) is 5.91 Å². The average molecular weight is 648 g/mol. The number of methoxy groups -OCH3 is 2. The average Bonchev–Trinajstić information content (AvgIpc) is 3.83. The molecule has 1 saturated carbocycles. The van der Waals surface area contributed by atoms with Crippen LogP contribution in [0.15, 0.2) is 18.2 Å². The van der Waals surface area contributed by atoms with Crippen molar-refractivity contribution in [1.82, 2.24) is 14.7 Å². The predicted octanol–water partition coefficient (Wildman–Crippen LogP) is 4.98. The Morgan fingerprint density at radius 2 is 1.67 bits per heavy atom. The molecule has 0 unspecified atom stereocenters. The summed E-state index contributed by atoms with van der Waals surface area (Å²) >= 11 is 0. The van der Waals surface area contributed by atoms with Gasteiger partial charge in [0.1, 0.15) is 5.60 Å². The highest BCUT2D eigenvalue weighted by Gasteiger charge is 2.40. The van der Waals surface area contributed by atoms with Gasteiger partial charge in [-0.2, -0.15) is 0 Å². The third kappa shape index (κ3) is 10.8. The van der Waals surface area contributed by atoms with E-state index in [1.807, 2.05) is 39.5 Å². The van der Waals surface area contributed by atoms with E-state index < -0.39 is 17.7 Å². The van der Waals surface area contributed by atoms with Crippen LogP contribution < -0.4 is 9.47 Å². The zero-order valence-electron chi connectivity index (χ0n) is 28.6. The summed E-state index contributed by atoms with van der Waals surface area (Å²) in [5.41, 5.74) is -0.250. The highest BCUT2D eigenvalue weighted by molar-refractivity contribution is 5.95. The topological polar surface area (TPSA) is 135 Å². The van der Waals surface area contributed by atoms with E-state index in [0.717, 1.165) is 12.8 Å². The Kier molecular flexibility index (Phi) is 13.5. The molecule has 1 N–H and O–H groups in total. The molecule has 2 atom stereocenters. The van der Waals surface area contributed by atoms with Gasteiger partial charge in [0.25, 0.3) is 5.91 Å². The summed E-state index contributed by atoms with van der Waals surface area (Å²) in [7, 11) is 3.19. The van der Waals surface area contributed by atoms with Crippen LogP contribution in [0.4, 0.5) is 4.79 Å². The lowest BCUT2D eigenvalue weighted by molar-refractivity contribution is -0.141. The maximum atomic E-state index is 14.1. The highest BCUT2D eigenvalue weighted by atomic mass is 16.6. The lowest BCUT2D eigenvalue weighted by Gasteiger charge is -2.45. The van der Waals surface area contributed by atoms with E-state index >= 15 is 0 Å². The second-order valence-electron chi connectivity index (χ2n) is 13.4. The Morgan fingerprint density at radius 3 is 2.26 bits per heavy atom. The molecule has 12 nitrogen and oxygen atoms in total. The van der Waals surface area contributed by atoms with Crippen LogP contribution in [-0.4, -0.2) is 114 Å². The van der Waals surface area contributed by atoms with E-state index in [1.165, 1.54) is 0 Å². The third-order valence-corrected chi connectivity index (χ3v) is 8.22. The number of carbonyl (C=O) groups is 4. The van der Waals surface area contributed by atoms with Crippen molar-refractivity contribution in [3.8, 4) is 11.5 Å². The number of carboxylic acid groups (broad SMARTS) is 1. The van der Waals surface area contributed by atoms with Gasteiger partial charge in [-0.1, -0.05) is 0 Å². The molecule has 3 rings (SSSR count). The highest BCUT2D eigenvalue weighted by Crippen LogP contribution is 2.33. The standard InChI is InChI=1S/C34H53N3O9/c1-23(2)37(32(41)24-9-14-28(44-7)29(21-24)45-20-8-19-43-6)27-13-12-26(36(22-27)33(42)46-34(3,4)5)17-18-35(25-10-11-25)30(38)15-16-31(39)40/h9,14,21,23,25-27H,8,10-13,15-20,22H2,1-7H3,(H,39,40)/t26-,27+/m0/s1. The number of aliphatic carboxylic acids is 1. The molecule has 12 heteroatoms. The van der Waals surface area contributed by atoms with E-state index in [1.54, 1.807) is 42.2 Å². The first-order chi connectivity index (χ1) is 21.7. The first-order valence-corrected chi connectivity index (χ1v) is 16.4. The molecule has 0 aromatic heterocycles. The number of piperidine rings is 1. The number of hydrogen-bond acceptors (Lipinski definition) is 8. The largest absolute Gasteiger partial charge is 0.493 e. The summed E-state index contributed by atoms with van der Waals surface area (Å²) in [6, 6.07) is 4.67. The Bertz CT molecular complexity index is 1190. The van der Waals surface area contributed by atoms with Crippen molar-refractivity contribution in [2.45, 2.75) is 116 Å².